The number of hydrogen-bond acceptors (Lipinski definition) is 2. The third-order valence-corrected chi connectivity index (χ3v) is 3.66. The van der Waals surface area contributed by atoms with Gasteiger partial charge in [0, 0.05) is 28.8 Å². The van der Waals surface area contributed by atoms with Crippen LogP contribution in [0.25, 0.3) is 6.08 Å². The minimum absolute atomic E-state index is 0.420. The molecule has 0 saturated carbocycles. The molecule has 1 aromatic carbocycles. The number of hydrogen-bond donors (Lipinski definition) is 1. The molecule has 1 N–H and O–H groups in total. The fourth-order valence-corrected chi connectivity index (χ4v) is 2.40. The van der Waals surface area contributed by atoms with E-state index in [9.17, 15) is 4.79 Å². The molecule has 0 amide bonds. The maximum absolute atomic E-state index is 10.7. The van der Waals surface area contributed by atoms with Crippen LogP contribution in [-0.4, -0.2) is 23.7 Å². The van der Waals surface area contributed by atoms with Crippen LogP contribution in [0.15, 0.2) is 28.7 Å². The highest BCUT2D eigenvalue weighted by molar-refractivity contribution is 9.10. The van der Waals surface area contributed by atoms with Gasteiger partial charge in [0.05, 0.1) is 0 Å². The number of benzene rings is 1. The average Bonchev–Trinajstić information content (AvgIpc) is 2.38. The van der Waals surface area contributed by atoms with E-state index < -0.39 is 5.97 Å². The molecule has 0 aromatic heterocycles. The van der Waals surface area contributed by atoms with E-state index in [1.165, 1.54) is 6.08 Å². The largest absolute Gasteiger partial charge is 0.478 e. The van der Waals surface area contributed by atoms with Gasteiger partial charge in [-0.3, -0.25) is 0 Å². The highest BCUT2D eigenvalue weighted by atomic mass is 79.9. The number of aliphatic carboxylic acids is 1. The van der Waals surface area contributed by atoms with Crippen molar-refractivity contribution in [2.45, 2.75) is 33.2 Å². The molecule has 104 valence electrons. The van der Waals surface area contributed by atoms with Crippen LogP contribution >= 0.6 is 15.9 Å². The van der Waals surface area contributed by atoms with E-state index in [2.05, 4.69) is 41.6 Å². The lowest BCUT2D eigenvalue weighted by molar-refractivity contribution is -0.131. The van der Waals surface area contributed by atoms with Crippen molar-refractivity contribution in [3.05, 3.63) is 34.3 Å². The quantitative estimate of drug-likeness (QED) is 0.798. The first-order valence-electron chi connectivity index (χ1n) is 6.46. The number of carbonyl (C=O) groups is 1. The second-order valence-corrected chi connectivity index (χ2v) is 5.33. The van der Waals surface area contributed by atoms with Gasteiger partial charge in [-0.1, -0.05) is 22.9 Å². The van der Waals surface area contributed by atoms with Gasteiger partial charge >= 0.3 is 5.97 Å². The van der Waals surface area contributed by atoms with E-state index >= 15 is 0 Å². The van der Waals surface area contributed by atoms with Gasteiger partial charge in [-0.05, 0) is 50.1 Å². The van der Waals surface area contributed by atoms with E-state index in [-0.39, 0.29) is 0 Å². The molecule has 0 aliphatic heterocycles. The normalized spacial score (nSPS) is 12.6. The van der Waals surface area contributed by atoms with Crippen molar-refractivity contribution in [1.82, 2.24) is 0 Å². The second kappa shape index (κ2) is 7.34. The van der Waals surface area contributed by atoms with Gasteiger partial charge in [0.15, 0.2) is 0 Å². The maximum atomic E-state index is 10.7. The standard InChI is InChI=1S/C15H20BrNO2/c1-4-11(3)17(5-2)14-8-7-13(16)10-12(14)6-9-15(18)19/h6-11H,4-5H2,1-3H3,(H,18,19)/b9-6+. The summed E-state index contributed by atoms with van der Waals surface area (Å²) in [5, 5.41) is 8.77. The van der Waals surface area contributed by atoms with Crippen molar-refractivity contribution in [2.75, 3.05) is 11.4 Å². The number of anilines is 1. The van der Waals surface area contributed by atoms with Gasteiger partial charge in [-0.15, -0.1) is 0 Å². The molecule has 1 aromatic rings. The molecule has 0 radical (unpaired) electrons. The molecule has 3 nitrogen and oxygen atoms in total. The molecular weight excluding hydrogens is 306 g/mol. The Labute approximate surface area is 123 Å². The zero-order chi connectivity index (χ0) is 14.4. The predicted molar refractivity (Wildman–Crippen MR) is 83.6 cm³/mol. The number of halogens is 1. The van der Waals surface area contributed by atoms with Crippen LogP contribution in [-0.2, 0) is 4.79 Å². The van der Waals surface area contributed by atoms with Crippen LogP contribution in [0.3, 0.4) is 0 Å². The minimum atomic E-state index is -0.933. The van der Waals surface area contributed by atoms with Crippen LogP contribution in [0.5, 0.6) is 0 Å². The van der Waals surface area contributed by atoms with E-state index in [1.54, 1.807) is 6.08 Å². The highest BCUT2D eigenvalue weighted by Crippen LogP contribution is 2.28. The molecule has 1 atom stereocenters. The average molecular weight is 326 g/mol. The fourth-order valence-electron chi connectivity index (χ4n) is 2.02. The Balaban J connectivity index is 3.21. The molecule has 0 saturated heterocycles. The summed E-state index contributed by atoms with van der Waals surface area (Å²) in [5.74, 6) is -0.933. The number of carboxylic acids is 1. The maximum Gasteiger partial charge on any atom is 0.328 e. The molecule has 1 unspecified atom stereocenters. The van der Waals surface area contributed by atoms with Crippen molar-refractivity contribution < 1.29 is 9.90 Å². The topological polar surface area (TPSA) is 40.5 Å². The summed E-state index contributed by atoms with van der Waals surface area (Å²) in [6.07, 6.45) is 3.87. The number of carboxylic acid groups (broad SMARTS) is 1. The Morgan fingerprint density at radius 1 is 1.47 bits per heavy atom. The molecule has 19 heavy (non-hydrogen) atoms. The Bertz CT molecular complexity index is 471. The molecule has 1 rings (SSSR count). The van der Waals surface area contributed by atoms with Crippen LogP contribution in [0.1, 0.15) is 32.8 Å². The zero-order valence-electron chi connectivity index (χ0n) is 11.6. The third kappa shape index (κ3) is 4.39. The summed E-state index contributed by atoms with van der Waals surface area (Å²) >= 11 is 3.43. The summed E-state index contributed by atoms with van der Waals surface area (Å²) in [5.41, 5.74) is 1.98. The van der Waals surface area contributed by atoms with Crippen LogP contribution in [0.2, 0.25) is 0 Å². The predicted octanol–water partition coefficient (Wildman–Crippen LogP) is 4.17. The number of rotatable bonds is 6. The van der Waals surface area contributed by atoms with Gasteiger partial charge in [-0.2, -0.15) is 0 Å². The minimum Gasteiger partial charge on any atom is -0.478 e. The van der Waals surface area contributed by atoms with Crippen molar-refractivity contribution in [3.63, 3.8) is 0 Å². The van der Waals surface area contributed by atoms with Gasteiger partial charge in [0.1, 0.15) is 0 Å². The summed E-state index contributed by atoms with van der Waals surface area (Å²) in [4.78, 5) is 13.0. The van der Waals surface area contributed by atoms with E-state index in [0.29, 0.717) is 6.04 Å². The van der Waals surface area contributed by atoms with Gasteiger partial charge < -0.3 is 10.0 Å². The van der Waals surface area contributed by atoms with Gasteiger partial charge in [-0.25, -0.2) is 4.79 Å². The zero-order valence-corrected chi connectivity index (χ0v) is 13.1. The molecule has 0 bridgehead atoms. The smallest absolute Gasteiger partial charge is 0.328 e. The lowest BCUT2D eigenvalue weighted by Gasteiger charge is -2.31. The Morgan fingerprint density at radius 3 is 2.68 bits per heavy atom. The fraction of sp³-hybridized carbons (Fsp3) is 0.400. The molecule has 0 aliphatic carbocycles. The summed E-state index contributed by atoms with van der Waals surface area (Å²) in [6.45, 7) is 7.33. The first-order chi connectivity index (χ1) is 8.99. The van der Waals surface area contributed by atoms with Crippen molar-refractivity contribution in [2.24, 2.45) is 0 Å². The molecule has 4 heteroatoms. The summed E-state index contributed by atoms with van der Waals surface area (Å²) in [6, 6.07) is 6.38. The summed E-state index contributed by atoms with van der Waals surface area (Å²) < 4.78 is 0.946. The number of nitrogens with zero attached hydrogens (tertiary/aromatic N) is 1. The van der Waals surface area contributed by atoms with E-state index in [4.69, 9.17) is 5.11 Å². The molecular formula is C15H20BrNO2. The van der Waals surface area contributed by atoms with Crippen molar-refractivity contribution in [1.29, 1.82) is 0 Å². The van der Waals surface area contributed by atoms with E-state index in [1.807, 2.05) is 18.2 Å². The van der Waals surface area contributed by atoms with Crippen LogP contribution < -0.4 is 4.90 Å². The lowest BCUT2D eigenvalue weighted by Crippen LogP contribution is -2.32. The highest BCUT2D eigenvalue weighted by Gasteiger charge is 2.14. The van der Waals surface area contributed by atoms with Crippen LogP contribution in [0.4, 0.5) is 5.69 Å². The molecule has 0 heterocycles. The lowest BCUT2D eigenvalue weighted by atomic mass is 10.1. The molecule has 0 aliphatic rings. The second-order valence-electron chi connectivity index (χ2n) is 4.42. The van der Waals surface area contributed by atoms with Gasteiger partial charge in [0.2, 0.25) is 0 Å². The Hall–Kier alpha value is -1.29. The third-order valence-electron chi connectivity index (χ3n) is 3.17. The Morgan fingerprint density at radius 2 is 2.16 bits per heavy atom. The first-order valence-corrected chi connectivity index (χ1v) is 7.26. The monoisotopic (exact) mass is 325 g/mol. The first kappa shape index (κ1) is 15.8. The summed E-state index contributed by atoms with van der Waals surface area (Å²) in [7, 11) is 0. The van der Waals surface area contributed by atoms with Crippen molar-refractivity contribution >= 4 is 33.7 Å². The van der Waals surface area contributed by atoms with Crippen molar-refractivity contribution in [3.8, 4) is 0 Å². The Kier molecular flexibility index (Phi) is 6.09. The van der Waals surface area contributed by atoms with E-state index in [0.717, 1.165) is 28.7 Å². The SMILES string of the molecule is CCC(C)N(CC)c1ccc(Br)cc1/C=C/C(=O)O. The van der Waals surface area contributed by atoms with Crippen LogP contribution in [0, 0.1) is 0 Å². The van der Waals surface area contributed by atoms with Gasteiger partial charge in [0.25, 0.3) is 0 Å². The molecule has 0 fully saturated rings. The molecule has 0 spiro atoms.